The number of rotatable bonds is 2. The zero-order chi connectivity index (χ0) is 26.7. The molecule has 0 radical (unpaired) electrons. The number of hydrogen-bond acceptors (Lipinski definition) is 7. The molecule has 10 nitrogen and oxygen atoms in total. The molecule has 2 aromatic rings. The number of alkyl carbamates (subject to hydrolysis) is 1. The largest absolute Gasteiger partial charge is 0.491 e. The Morgan fingerprint density at radius 1 is 1.16 bits per heavy atom. The normalized spacial score (nSPS) is 19.5. The van der Waals surface area contributed by atoms with Crippen LogP contribution in [0, 0.1) is 5.92 Å². The van der Waals surface area contributed by atoms with E-state index in [-0.39, 0.29) is 5.91 Å². The van der Waals surface area contributed by atoms with Crippen LogP contribution >= 0.6 is 0 Å². The highest BCUT2D eigenvalue weighted by Gasteiger charge is 2.28. The highest BCUT2D eigenvalue weighted by Crippen LogP contribution is 2.42. The molecule has 3 amide bonds. The average Bonchev–Trinajstić information content (AvgIpc) is 3.30. The minimum absolute atomic E-state index is 0.225. The van der Waals surface area contributed by atoms with Crippen molar-refractivity contribution in [2.75, 3.05) is 24.4 Å². The van der Waals surface area contributed by atoms with E-state index >= 15 is 0 Å². The van der Waals surface area contributed by atoms with E-state index in [2.05, 4.69) is 16.0 Å². The summed E-state index contributed by atoms with van der Waals surface area (Å²) in [4.78, 5) is 42.3. The van der Waals surface area contributed by atoms with Gasteiger partial charge in [-0.3, -0.25) is 15.1 Å². The Morgan fingerprint density at radius 2 is 1.95 bits per heavy atom. The van der Waals surface area contributed by atoms with Gasteiger partial charge in [-0.15, -0.1) is 0 Å². The Bertz CT molecular complexity index is 1250. The van der Waals surface area contributed by atoms with Gasteiger partial charge in [0.25, 0.3) is 0 Å². The van der Waals surface area contributed by atoms with Gasteiger partial charge in [-0.2, -0.15) is 0 Å². The van der Waals surface area contributed by atoms with Gasteiger partial charge in [0.05, 0.1) is 42.8 Å². The Labute approximate surface area is 215 Å². The summed E-state index contributed by atoms with van der Waals surface area (Å²) in [5.74, 6) is -0.0543. The summed E-state index contributed by atoms with van der Waals surface area (Å²) >= 11 is 0. The Balaban J connectivity index is 1.84. The van der Waals surface area contributed by atoms with Gasteiger partial charge in [0.1, 0.15) is 11.4 Å². The molecule has 0 unspecified atom stereocenters. The van der Waals surface area contributed by atoms with Crippen molar-refractivity contribution in [2.24, 2.45) is 5.92 Å². The molecule has 1 aromatic heterocycles. The summed E-state index contributed by atoms with van der Waals surface area (Å²) in [6.07, 6.45) is 3.50. The van der Waals surface area contributed by atoms with Gasteiger partial charge in [0, 0.05) is 23.2 Å². The van der Waals surface area contributed by atoms with Gasteiger partial charge in [0.2, 0.25) is 5.91 Å². The predicted octanol–water partition coefficient (Wildman–Crippen LogP) is 4.96. The molecule has 2 aliphatic rings. The number of carbonyl (C=O) groups is 3. The molecule has 3 N–H and O–H groups in total. The first-order valence-corrected chi connectivity index (χ1v) is 12.2. The van der Waals surface area contributed by atoms with E-state index in [4.69, 9.17) is 19.2 Å². The van der Waals surface area contributed by atoms with Crippen LogP contribution in [-0.4, -0.2) is 42.4 Å². The van der Waals surface area contributed by atoms with Crippen molar-refractivity contribution in [1.29, 1.82) is 0 Å². The minimum Gasteiger partial charge on any atom is -0.491 e. The van der Waals surface area contributed by atoms with Gasteiger partial charge in [-0.25, -0.2) is 9.59 Å². The maximum atomic E-state index is 13.0. The van der Waals surface area contributed by atoms with Crippen LogP contribution in [0.1, 0.15) is 51.5 Å². The van der Waals surface area contributed by atoms with E-state index in [9.17, 15) is 14.4 Å². The molecule has 2 aliphatic heterocycles. The fourth-order valence-corrected chi connectivity index (χ4v) is 4.15. The SMILES string of the molecule is COC(=O)Nc1ccc2c(c1)NC(=O)[C@H](C)/C=C/C[C@H](NC(=O)OC(C)(C)C)c1cc-2c2c(n1)CCO2. The molecule has 1 aromatic carbocycles. The van der Waals surface area contributed by atoms with Crippen molar-refractivity contribution in [3.8, 4) is 16.9 Å². The van der Waals surface area contributed by atoms with E-state index in [1.165, 1.54) is 7.11 Å². The summed E-state index contributed by atoms with van der Waals surface area (Å²) < 4.78 is 16.1. The van der Waals surface area contributed by atoms with Gasteiger partial charge < -0.3 is 24.8 Å². The van der Waals surface area contributed by atoms with Crippen molar-refractivity contribution in [3.05, 3.63) is 47.8 Å². The zero-order valence-electron chi connectivity index (χ0n) is 21.6. The molecule has 37 heavy (non-hydrogen) atoms. The maximum Gasteiger partial charge on any atom is 0.411 e. The van der Waals surface area contributed by atoms with Crippen molar-refractivity contribution < 1.29 is 28.6 Å². The summed E-state index contributed by atoms with van der Waals surface area (Å²) in [7, 11) is 1.28. The van der Waals surface area contributed by atoms with Crippen molar-refractivity contribution in [2.45, 2.75) is 52.2 Å². The molecule has 2 bridgehead atoms. The Kier molecular flexibility index (Phi) is 7.37. The number of nitrogens with zero attached hydrogens (tertiary/aromatic N) is 1. The number of carbonyl (C=O) groups excluding carboxylic acids is 3. The third kappa shape index (κ3) is 6.19. The Morgan fingerprint density at radius 3 is 2.68 bits per heavy atom. The number of fused-ring (bicyclic) bond motifs is 6. The molecule has 10 heteroatoms. The summed E-state index contributed by atoms with van der Waals surface area (Å²) in [5.41, 5.74) is 3.13. The van der Waals surface area contributed by atoms with Crippen molar-refractivity contribution in [3.63, 3.8) is 0 Å². The van der Waals surface area contributed by atoms with Crippen LogP contribution < -0.4 is 20.7 Å². The fraction of sp³-hybridized carbons (Fsp3) is 0.407. The summed E-state index contributed by atoms with van der Waals surface area (Å²) in [6.45, 7) is 7.66. The second kappa shape index (κ2) is 10.5. The molecule has 0 saturated carbocycles. The number of benzene rings is 1. The second-order valence-corrected chi connectivity index (χ2v) is 9.99. The zero-order valence-corrected chi connectivity index (χ0v) is 21.6. The number of anilines is 2. The van der Waals surface area contributed by atoms with Crippen LogP contribution in [0.5, 0.6) is 5.75 Å². The number of hydrogen-bond donors (Lipinski definition) is 3. The number of nitrogens with one attached hydrogen (secondary N) is 3. The quantitative estimate of drug-likeness (QED) is 0.489. The van der Waals surface area contributed by atoms with E-state index in [1.54, 1.807) is 52.0 Å². The first-order chi connectivity index (χ1) is 17.5. The topological polar surface area (TPSA) is 128 Å². The van der Waals surface area contributed by atoms with Crippen LogP contribution in [0.4, 0.5) is 21.0 Å². The highest BCUT2D eigenvalue weighted by molar-refractivity contribution is 6.00. The monoisotopic (exact) mass is 508 g/mol. The standard InChI is InChI=1S/C27H32N4O6/c1-15-7-6-8-19(31-26(34)37-27(2,3)4)22-14-18(23-20(29-22)11-12-36-23)17-10-9-16(28-25(33)35-5)13-21(17)30-24(15)32/h6-7,9-10,13-15,19H,8,11-12H2,1-5H3,(H,28,33)(H,30,32)(H,31,34)/b7-6+/t15-,19+/m1/s1. The number of pyridine rings is 1. The minimum atomic E-state index is -0.656. The van der Waals surface area contributed by atoms with Gasteiger partial charge >= 0.3 is 12.2 Å². The molecule has 0 aliphatic carbocycles. The lowest BCUT2D eigenvalue weighted by Crippen LogP contribution is -2.35. The van der Waals surface area contributed by atoms with E-state index < -0.39 is 29.7 Å². The number of amides is 3. The molecule has 2 atom stereocenters. The molecule has 0 fully saturated rings. The summed E-state index contributed by atoms with van der Waals surface area (Å²) in [6, 6.07) is 6.56. The molecular formula is C27H32N4O6. The van der Waals surface area contributed by atoms with E-state index in [0.29, 0.717) is 47.8 Å². The van der Waals surface area contributed by atoms with Crippen molar-refractivity contribution >= 4 is 29.5 Å². The van der Waals surface area contributed by atoms with Crippen LogP contribution in [-0.2, 0) is 20.7 Å². The lowest BCUT2D eigenvalue weighted by Gasteiger charge is -2.24. The number of methoxy groups -OCH3 is 1. The fourth-order valence-electron chi connectivity index (χ4n) is 4.15. The molecular weight excluding hydrogens is 476 g/mol. The Hall–Kier alpha value is -4.08. The third-order valence-electron chi connectivity index (χ3n) is 5.91. The van der Waals surface area contributed by atoms with Crippen LogP contribution in [0.25, 0.3) is 11.1 Å². The molecule has 3 heterocycles. The first kappa shape index (κ1) is 26.0. The van der Waals surface area contributed by atoms with Crippen LogP contribution in [0.2, 0.25) is 0 Å². The van der Waals surface area contributed by atoms with Gasteiger partial charge in [0.15, 0.2) is 0 Å². The lowest BCUT2D eigenvalue weighted by atomic mass is 9.96. The van der Waals surface area contributed by atoms with E-state index in [0.717, 1.165) is 11.3 Å². The summed E-state index contributed by atoms with van der Waals surface area (Å²) in [5, 5.41) is 8.55. The highest BCUT2D eigenvalue weighted by atomic mass is 16.6. The third-order valence-corrected chi connectivity index (χ3v) is 5.91. The van der Waals surface area contributed by atoms with E-state index in [1.807, 2.05) is 12.1 Å². The predicted molar refractivity (Wildman–Crippen MR) is 139 cm³/mol. The van der Waals surface area contributed by atoms with Crippen LogP contribution in [0.3, 0.4) is 0 Å². The van der Waals surface area contributed by atoms with Crippen molar-refractivity contribution in [1.82, 2.24) is 10.3 Å². The van der Waals surface area contributed by atoms with Gasteiger partial charge in [-0.05, 0) is 45.4 Å². The maximum absolute atomic E-state index is 13.0. The van der Waals surface area contributed by atoms with Crippen LogP contribution in [0.15, 0.2) is 36.4 Å². The number of ether oxygens (including phenoxy) is 3. The second-order valence-electron chi connectivity index (χ2n) is 9.99. The number of aromatic nitrogens is 1. The molecule has 196 valence electrons. The molecule has 4 rings (SSSR count). The smallest absolute Gasteiger partial charge is 0.411 e. The molecule has 0 saturated heterocycles. The first-order valence-electron chi connectivity index (χ1n) is 12.2. The average molecular weight is 509 g/mol. The lowest BCUT2D eigenvalue weighted by molar-refractivity contribution is -0.118. The molecule has 0 spiro atoms. The van der Waals surface area contributed by atoms with Gasteiger partial charge in [-0.1, -0.05) is 25.1 Å².